The Morgan fingerprint density at radius 1 is 0.953 bits per heavy atom. The Bertz CT molecular complexity index is 1210. The third kappa shape index (κ3) is 10.1. The van der Waals surface area contributed by atoms with Gasteiger partial charge in [-0.25, -0.2) is 4.79 Å². The van der Waals surface area contributed by atoms with Gasteiger partial charge in [-0.15, -0.1) is 0 Å². The number of rotatable bonds is 12. The fourth-order valence-electron chi connectivity index (χ4n) is 5.93. The molecule has 0 radical (unpaired) electrons. The number of non-ortho nitro benzene ring substituents is 1. The molecule has 1 saturated carbocycles. The molecule has 2 aliphatic rings. The maximum absolute atomic E-state index is 13.9. The molecule has 1 saturated heterocycles. The molecule has 232 valence electrons. The van der Waals surface area contributed by atoms with Gasteiger partial charge in [0.2, 0.25) is 5.91 Å². The quantitative estimate of drug-likeness (QED) is 0.278. The van der Waals surface area contributed by atoms with Gasteiger partial charge in [-0.3, -0.25) is 24.6 Å². The highest BCUT2D eigenvalue weighted by Crippen LogP contribution is 2.24. The van der Waals surface area contributed by atoms with Gasteiger partial charge in [-0.1, -0.05) is 73.5 Å². The van der Waals surface area contributed by atoms with Crippen molar-refractivity contribution in [3.8, 4) is 0 Å². The molecule has 1 N–H and O–H groups in total. The Balaban J connectivity index is 1.46. The molecule has 0 bridgehead atoms. The number of carbonyl (C=O) groups is 3. The van der Waals surface area contributed by atoms with Gasteiger partial charge in [0.25, 0.3) is 5.69 Å². The lowest BCUT2D eigenvalue weighted by molar-refractivity contribution is -0.384. The number of nitrogens with one attached hydrogen (secondary N) is 1. The maximum atomic E-state index is 13.9. The summed E-state index contributed by atoms with van der Waals surface area (Å²) >= 11 is 1.17. The number of hydrogen-bond donors (Lipinski definition) is 1. The predicted octanol–water partition coefficient (Wildman–Crippen LogP) is 4.52. The summed E-state index contributed by atoms with van der Waals surface area (Å²) < 4.78 is 0. The Morgan fingerprint density at radius 2 is 1.63 bits per heavy atom. The standard InChI is InChI=1S/C32H43N5O5S/c1-25(38)43-23-22-36(17-16-26-8-4-2-5-9-26)32(40)33-30(24-27-12-14-29(15-13-27)37(41)42)31(39)35-20-18-34(19-21-35)28-10-6-3-7-11-28/h2,4-5,8-9,12-15,28,30H,3,6-7,10-11,16-24H2,1H3,(H,33,40)/t30-/m0/s1. The number of nitro groups is 1. The molecule has 1 heterocycles. The van der Waals surface area contributed by atoms with Crippen LogP contribution in [0.5, 0.6) is 0 Å². The van der Waals surface area contributed by atoms with E-state index in [0.717, 1.165) is 24.2 Å². The van der Waals surface area contributed by atoms with E-state index in [0.29, 0.717) is 44.4 Å². The molecule has 2 aromatic carbocycles. The second-order valence-corrected chi connectivity index (χ2v) is 12.6. The normalized spacial score (nSPS) is 16.8. The lowest BCUT2D eigenvalue weighted by atomic mass is 9.94. The van der Waals surface area contributed by atoms with Crippen LogP contribution in [0.15, 0.2) is 54.6 Å². The van der Waals surface area contributed by atoms with Crippen molar-refractivity contribution in [1.82, 2.24) is 20.0 Å². The van der Waals surface area contributed by atoms with Crippen molar-refractivity contribution in [1.29, 1.82) is 0 Å². The van der Waals surface area contributed by atoms with Gasteiger partial charge in [0.1, 0.15) is 6.04 Å². The van der Waals surface area contributed by atoms with Crippen molar-refractivity contribution in [2.24, 2.45) is 0 Å². The lowest BCUT2D eigenvalue weighted by Crippen LogP contribution is -2.58. The van der Waals surface area contributed by atoms with E-state index in [1.165, 1.54) is 62.9 Å². The number of nitro benzene ring substituents is 1. The van der Waals surface area contributed by atoms with Crippen molar-refractivity contribution in [3.63, 3.8) is 0 Å². The number of nitrogens with zero attached hydrogens (tertiary/aromatic N) is 4. The molecule has 0 spiro atoms. The van der Waals surface area contributed by atoms with Crippen molar-refractivity contribution < 1.29 is 19.3 Å². The fraction of sp³-hybridized carbons (Fsp3) is 0.531. The highest BCUT2D eigenvalue weighted by molar-refractivity contribution is 8.13. The summed E-state index contributed by atoms with van der Waals surface area (Å²) in [6.45, 7) is 5.16. The molecule has 2 aromatic rings. The van der Waals surface area contributed by atoms with E-state index in [1.54, 1.807) is 17.0 Å². The van der Waals surface area contributed by atoms with Gasteiger partial charge < -0.3 is 15.1 Å². The molecule has 4 rings (SSSR count). The number of thioether (sulfide) groups is 1. The minimum Gasteiger partial charge on any atom is -0.338 e. The first kappa shape index (κ1) is 32.5. The topological polar surface area (TPSA) is 116 Å². The summed E-state index contributed by atoms with van der Waals surface area (Å²) in [6.07, 6.45) is 7.12. The number of urea groups is 1. The van der Waals surface area contributed by atoms with Crippen molar-refractivity contribution in [2.45, 2.75) is 64.0 Å². The zero-order chi connectivity index (χ0) is 30.6. The zero-order valence-corrected chi connectivity index (χ0v) is 25.8. The molecule has 11 heteroatoms. The van der Waals surface area contributed by atoms with E-state index in [2.05, 4.69) is 10.2 Å². The number of piperazine rings is 1. The van der Waals surface area contributed by atoms with E-state index in [1.807, 2.05) is 35.2 Å². The number of hydrogen-bond acceptors (Lipinski definition) is 7. The molecular formula is C32H43N5O5S. The molecule has 3 amide bonds. The lowest BCUT2D eigenvalue weighted by Gasteiger charge is -2.41. The molecular weight excluding hydrogens is 566 g/mol. The molecule has 0 unspecified atom stereocenters. The van der Waals surface area contributed by atoms with Crippen molar-refractivity contribution >= 4 is 34.5 Å². The van der Waals surface area contributed by atoms with Gasteiger partial charge in [0.05, 0.1) is 4.92 Å². The Hall–Kier alpha value is -3.44. The number of benzene rings is 2. The average Bonchev–Trinajstić information content (AvgIpc) is 3.03. The predicted molar refractivity (Wildman–Crippen MR) is 169 cm³/mol. The summed E-state index contributed by atoms with van der Waals surface area (Å²) in [5.74, 6) is 0.317. The molecule has 10 nitrogen and oxygen atoms in total. The van der Waals surface area contributed by atoms with E-state index < -0.39 is 11.0 Å². The highest BCUT2D eigenvalue weighted by Gasteiger charge is 2.32. The first-order chi connectivity index (χ1) is 20.8. The minimum absolute atomic E-state index is 0.0120. The first-order valence-electron chi connectivity index (χ1n) is 15.3. The monoisotopic (exact) mass is 609 g/mol. The van der Waals surface area contributed by atoms with Crippen molar-refractivity contribution in [3.05, 3.63) is 75.8 Å². The molecule has 1 aliphatic carbocycles. The molecule has 2 fully saturated rings. The van der Waals surface area contributed by atoms with Crippen LogP contribution in [0.2, 0.25) is 0 Å². The third-order valence-electron chi connectivity index (χ3n) is 8.37. The van der Waals surface area contributed by atoms with Crippen LogP contribution in [-0.2, 0) is 22.4 Å². The summed E-state index contributed by atoms with van der Waals surface area (Å²) in [5.41, 5.74) is 1.80. The number of amides is 3. The maximum Gasteiger partial charge on any atom is 0.318 e. The Labute approximate surface area is 258 Å². The largest absolute Gasteiger partial charge is 0.338 e. The summed E-state index contributed by atoms with van der Waals surface area (Å²) in [6, 6.07) is 15.4. The van der Waals surface area contributed by atoms with E-state index in [-0.39, 0.29) is 29.2 Å². The van der Waals surface area contributed by atoms with Gasteiger partial charge in [0.15, 0.2) is 5.12 Å². The molecule has 1 atom stereocenters. The molecule has 1 aliphatic heterocycles. The summed E-state index contributed by atoms with van der Waals surface area (Å²) in [7, 11) is 0. The fourth-order valence-corrected chi connectivity index (χ4v) is 6.53. The number of carbonyl (C=O) groups excluding carboxylic acids is 3. The first-order valence-corrected chi connectivity index (χ1v) is 16.3. The third-order valence-corrected chi connectivity index (χ3v) is 9.16. The highest BCUT2D eigenvalue weighted by atomic mass is 32.2. The van der Waals surface area contributed by atoms with Crippen molar-refractivity contribution in [2.75, 3.05) is 45.0 Å². The van der Waals surface area contributed by atoms with Crippen LogP contribution in [0.25, 0.3) is 0 Å². The van der Waals surface area contributed by atoms with Crippen LogP contribution in [0.3, 0.4) is 0 Å². The van der Waals surface area contributed by atoms with E-state index in [9.17, 15) is 24.5 Å². The second-order valence-electron chi connectivity index (χ2n) is 11.3. The van der Waals surface area contributed by atoms with Gasteiger partial charge in [0, 0.05) is 76.5 Å². The van der Waals surface area contributed by atoms with Crippen LogP contribution in [0.4, 0.5) is 10.5 Å². The van der Waals surface area contributed by atoms with Gasteiger partial charge in [-0.2, -0.15) is 0 Å². The molecule has 0 aromatic heterocycles. The van der Waals surface area contributed by atoms with Gasteiger partial charge >= 0.3 is 6.03 Å². The van der Waals surface area contributed by atoms with Crippen LogP contribution >= 0.6 is 11.8 Å². The van der Waals surface area contributed by atoms with Crippen LogP contribution in [0, 0.1) is 10.1 Å². The zero-order valence-electron chi connectivity index (χ0n) is 25.0. The smallest absolute Gasteiger partial charge is 0.318 e. The van der Waals surface area contributed by atoms with Crippen LogP contribution in [-0.4, -0.2) is 93.8 Å². The average molecular weight is 610 g/mol. The van der Waals surface area contributed by atoms with E-state index >= 15 is 0 Å². The second kappa shape index (κ2) is 16.4. The summed E-state index contributed by atoms with van der Waals surface area (Å²) in [4.78, 5) is 55.9. The van der Waals surface area contributed by atoms with E-state index in [4.69, 9.17) is 0 Å². The molecule has 43 heavy (non-hydrogen) atoms. The van der Waals surface area contributed by atoms with Gasteiger partial charge in [-0.05, 0) is 30.4 Å². The Kier molecular flexibility index (Phi) is 12.4. The SMILES string of the molecule is CC(=O)SCCN(CCc1ccccc1)C(=O)N[C@@H](Cc1ccc([N+](=O)[O-])cc1)C(=O)N1CCN(C2CCCCC2)CC1. The summed E-state index contributed by atoms with van der Waals surface area (Å²) in [5, 5.41) is 14.1. The Morgan fingerprint density at radius 3 is 2.26 bits per heavy atom. The van der Waals surface area contributed by atoms with Crippen LogP contribution < -0.4 is 5.32 Å². The minimum atomic E-state index is -0.824. The van der Waals surface area contributed by atoms with Crippen LogP contribution in [0.1, 0.15) is 50.2 Å².